The van der Waals surface area contributed by atoms with Crippen LogP contribution in [0.3, 0.4) is 0 Å². The molecule has 0 spiro atoms. The van der Waals surface area contributed by atoms with E-state index >= 15 is 0 Å². The Hall–Kier alpha value is -6.70. The second-order valence-corrected chi connectivity index (χ2v) is 11.7. The predicted molar refractivity (Wildman–Crippen MR) is 202 cm³/mol. The molecule has 8 aromatic rings. The molecule has 0 unspecified atom stereocenters. The summed E-state index contributed by atoms with van der Waals surface area (Å²) in [7, 11) is 6.60. The number of benzene rings is 4. The summed E-state index contributed by atoms with van der Waals surface area (Å²) in [5.74, 6) is 3.24. The molecule has 0 aliphatic rings. The van der Waals surface area contributed by atoms with E-state index in [1.807, 2.05) is 116 Å². The van der Waals surface area contributed by atoms with Crippen molar-refractivity contribution in [2.24, 2.45) is 0 Å². The maximum atomic E-state index is 12.2. The molecule has 4 heterocycles. The van der Waals surface area contributed by atoms with Crippen LogP contribution in [0.5, 0.6) is 23.0 Å². The van der Waals surface area contributed by atoms with E-state index in [2.05, 4.69) is 40.0 Å². The first-order valence-corrected chi connectivity index (χ1v) is 17.1. The van der Waals surface area contributed by atoms with Crippen LogP contribution in [0.25, 0.3) is 34.1 Å². The van der Waals surface area contributed by atoms with Crippen LogP contribution in [0.1, 0.15) is 5.69 Å². The minimum Gasteiger partial charge on any atom is -0.573 e. The van der Waals surface area contributed by atoms with Crippen LogP contribution in [-0.4, -0.2) is 47.7 Å². The number of hydrogen-bond acceptors (Lipinski definition) is 6. The average Bonchev–Trinajstić information content (AvgIpc) is 4.07. The molecular weight excluding hydrogens is 928 g/mol. The van der Waals surface area contributed by atoms with Crippen molar-refractivity contribution in [1.29, 1.82) is 0 Å². The van der Waals surface area contributed by atoms with Crippen LogP contribution in [0.4, 0.5) is 13.2 Å². The van der Waals surface area contributed by atoms with E-state index in [0.29, 0.717) is 5.69 Å². The smallest absolute Gasteiger partial charge is 0.431 e. The van der Waals surface area contributed by atoms with Gasteiger partial charge < -0.3 is 38.3 Å². The van der Waals surface area contributed by atoms with Gasteiger partial charge in [0.2, 0.25) is 0 Å². The van der Waals surface area contributed by atoms with Crippen molar-refractivity contribution in [2.45, 2.75) is 6.18 Å². The van der Waals surface area contributed by atoms with E-state index in [-0.39, 0.29) is 25.8 Å². The van der Waals surface area contributed by atoms with Crippen molar-refractivity contribution >= 4 is 0 Å². The van der Waals surface area contributed by atoms with Gasteiger partial charge in [0.05, 0.1) is 39.8 Å². The number of methoxy groups -OCH3 is 4. The zero-order valence-corrected chi connectivity index (χ0v) is 33.9. The van der Waals surface area contributed by atoms with Crippen LogP contribution in [0, 0.1) is 24.8 Å². The maximum absolute atomic E-state index is 12.2. The SMILES string of the molecule is COc1c[c-]c(-n2[c-][n+](-c3ccc(OC)cc3)cc2)cc1.COc1c[c-]c(-n2[c-][n+](-c3ccc(OC)cc3)cc2)cc1.FC(F)(F)c1cc(-c2ccccn2)[n-]n1.[Ir]. The van der Waals surface area contributed by atoms with Gasteiger partial charge in [-0.3, -0.25) is 14.1 Å². The van der Waals surface area contributed by atoms with Crippen LogP contribution in [0.2, 0.25) is 0 Å². The number of nitrogens with zero attached hydrogens (tertiary/aromatic N) is 7. The van der Waals surface area contributed by atoms with Crippen LogP contribution < -0.4 is 33.2 Å². The molecule has 0 saturated heterocycles. The normalized spacial score (nSPS) is 10.5. The predicted octanol–water partition coefficient (Wildman–Crippen LogP) is 6.86. The molecule has 4 aromatic heterocycles. The largest absolute Gasteiger partial charge is 0.573 e. The second kappa shape index (κ2) is 19.9. The molecule has 11 nitrogen and oxygen atoms in total. The van der Waals surface area contributed by atoms with Crippen LogP contribution in [-0.2, 0) is 26.3 Å². The molecule has 4 aromatic carbocycles. The van der Waals surface area contributed by atoms with Crippen LogP contribution >= 0.6 is 0 Å². The van der Waals surface area contributed by atoms with Crippen LogP contribution in [0.15, 0.2) is 140 Å². The van der Waals surface area contributed by atoms with Gasteiger partial charge in [-0.15, -0.1) is 24.3 Å². The molecule has 0 amide bonds. The minimum absolute atomic E-state index is 0. The maximum Gasteiger partial charge on any atom is 0.431 e. The van der Waals surface area contributed by atoms with E-state index < -0.39 is 11.9 Å². The van der Waals surface area contributed by atoms with Gasteiger partial charge in [-0.2, -0.15) is 37.4 Å². The number of hydrogen-bond donors (Lipinski definition) is 0. The molecule has 8 rings (SSSR count). The third-order valence-corrected chi connectivity index (χ3v) is 8.14. The minimum atomic E-state index is -4.46. The van der Waals surface area contributed by atoms with E-state index in [9.17, 15) is 13.2 Å². The van der Waals surface area contributed by atoms with Gasteiger partial charge in [0.1, 0.15) is 17.2 Å². The molecule has 58 heavy (non-hydrogen) atoms. The Morgan fingerprint density at radius 1 is 0.621 bits per heavy atom. The van der Waals surface area contributed by atoms with Crippen molar-refractivity contribution in [3.05, 3.63) is 171 Å². The molecule has 15 heteroatoms. The average molecular weight is 963 g/mol. The molecule has 0 atom stereocenters. The van der Waals surface area contributed by atoms with E-state index in [1.165, 1.54) is 6.20 Å². The summed E-state index contributed by atoms with van der Waals surface area (Å²) in [6.45, 7) is 0. The Bertz CT molecular complexity index is 2180. The summed E-state index contributed by atoms with van der Waals surface area (Å²) in [5, 5.41) is 6.47. The van der Waals surface area contributed by atoms with Gasteiger partial charge in [0.15, 0.2) is 0 Å². The first kappa shape index (κ1) is 42.4. The van der Waals surface area contributed by atoms with Crippen molar-refractivity contribution in [2.75, 3.05) is 28.4 Å². The van der Waals surface area contributed by atoms with E-state index in [1.54, 1.807) is 58.8 Å². The summed E-state index contributed by atoms with van der Waals surface area (Å²) < 4.78 is 64.8. The van der Waals surface area contributed by atoms with E-state index in [4.69, 9.17) is 18.9 Å². The van der Waals surface area contributed by atoms with Gasteiger partial charge >= 0.3 is 6.18 Å². The molecular formula is C43H35F3IrN7O4-3. The van der Waals surface area contributed by atoms with Gasteiger partial charge in [0.25, 0.3) is 12.7 Å². The van der Waals surface area contributed by atoms with Gasteiger partial charge in [-0.1, -0.05) is 11.8 Å². The fourth-order valence-electron chi connectivity index (χ4n) is 5.11. The quantitative estimate of drug-likeness (QED) is 0.115. The van der Waals surface area contributed by atoms with E-state index in [0.717, 1.165) is 51.8 Å². The second-order valence-electron chi connectivity index (χ2n) is 11.7. The summed E-state index contributed by atoms with van der Waals surface area (Å²) in [4.78, 5) is 3.87. The standard InChI is InChI=1S/2C17H15N2O2.C9H5F3N3.Ir/c2*1-20-16-7-3-14(4-8-16)18-11-12-19(13-18)15-5-9-17(21-2)10-6-15;10-9(11,12)8-5-7(14-15-8)6-3-1-2-4-13-6;/h2*3-5,7-12H,1-2H3;1-5H;/q3*-1;. The topological polar surface area (TPSA) is 94.4 Å². The van der Waals surface area contributed by atoms with Crippen molar-refractivity contribution in [3.8, 4) is 57.1 Å². The van der Waals surface area contributed by atoms with Crippen molar-refractivity contribution in [3.63, 3.8) is 0 Å². The first-order chi connectivity index (χ1) is 27.7. The number of halogens is 3. The Morgan fingerprint density at radius 2 is 1.09 bits per heavy atom. The Balaban J connectivity index is 0.000000167. The third kappa shape index (κ3) is 11.0. The number of imidazole rings is 2. The number of alkyl halides is 3. The fourth-order valence-corrected chi connectivity index (χ4v) is 5.11. The molecule has 0 aliphatic carbocycles. The molecule has 0 bridgehead atoms. The Kier molecular flexibility index (Phi) is 14.6. The molecule has 0 saturated carbocycles. The number of aromatic nitrogens is 7. The van der Waals surface area contributed by atoms with Crippen molar-refractivity contribution < 1.29 is 61.4 Å². The summed E-state index contributed by atoms with van der Waals surface area (Å²) in [6.07, 6.45) is 11.3. The van der Waals surface area contributed by atoms with Gasteiger partial charge in [-0.25, -0.2) is 0 Å². The third-order valence-electron chi connectivity index (χ3n) is 8.14. The van der Waals surface area contributed by atoms with Gasteiger partial charge in [-0.05, 0) is 78.1 Å². The summed E-state index contributed by atoms with van der Waals surface area (Å²) in [6, 6.07) is 39.0. The Morgan fingerprint density at radius 3 is 1.45 bits per heavy atom. The zero-order chi connectivity index (χ0) is 40.2. The van der Waals surface area contributed by atoms with Crippen molar-refractivity contribution in [1.82, 2.24) is 24.3 Å². The molecule has 0 fully saturated rings. The molecule has 0 aliphatic heterocycles. The molecule has 0 N–H and O–H groups in total. The number of ether oxygens (including phenoxy) is 4. The monoisotopic (exact) mass is 963 g/mol. The zero-order valence-electron chi connectivity index (χ0n) is 31.5. The fraction of sp³-hybridized carbons (Fsp3) is 0.116. The first-order valence-electron chi connectivity index (χ1n) is 17.1. The van der Waals surface area contributed by atoms with Gasteiger partial charge in [0, 0.05) is 68.3 Å². The summed E-state index contributed by atoms with van der Waals surface area (Å²) in [5.41, 5.74) is 3.35. The summed E-state index contributed by atoms with van der Waals surface area (Å²) >= 11 is 0. The Labute approximate surface area is 346 Å². The number of pyridine rings is 1. The number of rotatable bonds is 9. The molecule has 1 radical (unpaired) electrons. The molecule has 299 valence electrons.